The monoisotopic (exact) mass is 284 g/mol. The van der Waals surface area contributed by atoms with E-state index in [9.17, 15) is 0 Å². The smallest absolute Gasteiger partial charge is 0.0590 e. The molecule has 2 heterocycles. The van der Waals surface area contributed by atoms with Gasteiger partial charge in [0.05, 0.1) is 10.2 Å². The molecule has 1 aliphatic heterocycles. The molecule has 0 bridgehead atoms. The SMILES string of the molecule is Brc1cnccc1NCCN1CCNCC1. The quantitative estimate of drug-likeness (QED) is 0.871. The Balaban J connectivity index is 1.73. The highest BCUT2D eigenvalue weighted by Crippen LogP contribution is 2.19. The van der Waals surface area contributed by atoms with Gasteiger partial charge in [0.2, 0.25) is 0 Å². The number of nitrogens with zero attached hydrogens (tertiary/aromatic N) is 2. The first-order valence-corrected chi connectivity index (χ1v) is 6.42. The fraction of sp³-hybridized carbons (Fsp3) is 0.545. The van der Waals surface area contributed by atoms with Crippen LogP contribution in [0.4, 0.5) is 5.69 Å². The van der Waals surface area contributed by atoms with Crippen LogP contribution in [0.1, 0.15) is 0 Å². The van der Waals surface area contributed by atoms with Crippen LogP contribution in [0.25, 0.3) is 0 Å². The Morgan fingerprint density at radius 3 is 3.00 bits per heavy atom. The summed E-state index contributed by atoms with van der Waals surface area (Å²) in [5.41, 5.74) is 1.12. The highest BCUT2D eigenvalue weighted by atomic mass is 79.9. The van der Waals surface area contributed by atoms with Gasteiger partial charge in [-0.05, 0) is 22.0 Å². The molecule has 1 saturated heterocycles. The molecule has 1 aromatic rings. The van der Waals surface area contributed by atoms with E-state index in [0.29, 0.717) is 0 Å². The van der Waals surface area contributed by atoms with Crippen LogP contribution in [0, 0.1) is 0 Å². The molecule has 1 fully saturated rings. The number of pyridine rings is 1. The third-order valence-electron chi connectivity index (χ3n) is 2.73. The normalized spacial score (nSPS) is 17.3. The lowest BCUT2D eigenvalue weighted by Crippen LogP contribution is -2.45. The molecule has 0 unspecified atom stereocenters. The molecule has 88 valence electrons. The van der Waals surface area contributed by atoms with Crippen molar-refractivity contribution in [2.24, 2.45) is 0 Å². The predicted octanol–water partition coefficient (Wildman–Crippen LogP) is 1.16. The fourth-order valence-electron chi connectivity index (χ4n) is 1.80. The number of piperazine rings is 1. The number of rotatable bonds is 4. The Morgan fingerprint density at radius 2 is 2.25 bits per heavy atom. The van der Waals surface area contributed by atoms with E-state index < -0.39 is 0 Å². The maximum Gasteiger partial charge on any atom is 0.0590 e. The number of nitrogens with one attached hydrogen (secondary N) is 2. The zero-order valence-electron chi connectivity index (χ0n) is 9.25. The van der Waals surface area contributed by atoms with Crippen LogP contribution in [-0.2, 0) is 0 Å². The van der Waals surface area contributed by atoms with E-state index >= 15 is 0 Å². The minimum Gasteiger partial charge on any atom is -0.383 e. The average molecular weight is 285 g/mol. The standard InChI is InChI=1S/C11H17BrN4/c12-10-9-14-2-1-11(10)15-5-8-16-6-3-13-4-7-16/h1-2,9,13H,3-8H2,(H,14,15). The van der Waals surface area contributed by atoms with Crippen LogP contribution in [0.15, 0.2) is 22.9 Å². The molecule has 1 aromatic heterocycles. The summed E-state index contributed by atoms with van der Waals surface area (Å²) in [7, 11) is 0. The van der Waals surface area contributed by atoms with Crippen LogP contribution in [0.3, 0.4) is 0 Å². The molecule has 0 aliphatic carbocycles. The predicted molar refractivity (Wildman–Crippen MR) is 69.7 cm³/mol. The zero-order chi connectivity index (χ0) is 11.2. The Kier molecular flexibility index (Phi) is 4.56. The zero-order valence-corrected chi connectivity index (χ0v) is 10.8. The highest BCUT2D eigenvalue weighted by molar-refractivity contribution is 9.10. The van der Waals surface area contributed by atoms with Gasteiger partial charge >= 0.3 is 0 Å². The molecular formula is C11H17BrN4. The van der Waals surface area contributed by atoms with Crippen molar-refractivity contribution in [3.8, 4) is 0 Å². The van der Waals surface area contributed by atoms with Gasteiger partial charge in [-0.25, -0.2) is 0 Å². The van der Waals surface area contributed by atoms with Crippen LogP contribution in [0.5, 0.6) is 0 Å². The molecule has 2 rings (SSSR count). The van der Waals surface area contributed by atoms with Crippen LogP contribution >= 0.6 is 15.9 Å². The Hall–Kier alpha value is -0.650. The van der Waals surface area contributed by atoms with Gasteiger partial charge in [0.1, 0.15) is 0 Å². The maximum absolute atomic E-state index is 4.04. The van der Waals surface area contributed by atoms with Gasteiger partial charge in [-0.1, -0.05) is 0 Å². The second-order valence-corrected chi connectivity index (χ2v) is 4.73. The lowest BCUT2D eigenvalue weighted by Gasteiger charge is -2.27. The van der Waals surface area contributed by atoms with Gasteiger partial charge in [-0.3, -0.25) is 9.88 Å². The maximum atomic E-state index is 4.04. The first-order chi connectivity index (χ1) is 7.86. The van der Waals surface area contributed by atoms with Crippen molar-refractivity contribution in [3.05, 3.63) is 22.9 Å². The average Bonchev–Trinajstić information content (AvgIpc) is 2.33. The van der Waals surface area contributed by atoms with Gasteiger partial charge in [-0.15, -0.1) is 0 Å². The summed E-state index contributed by atoms with van der Waals surface area (Å²) in [6.07, 6.45) is 3.62. The fourth-order valence-corrected chi connectivity index (χ4v) is 2.19. The van der Waals surface area contributed by atoms with E-state index in [1.54, 1.807) is 6.20 Å². The number of aromatic nitrogens is 1. The molecule has 0 saturated carbocycles. The van der Waals surface area contributed by atoms with Crippen molar-refractivity contribution in [1.29, 1.82) is 0 Å². The summed E-state index contributed by atoms with van der Waals surface area (Å²) < 4.78 is 1.02. The van der Waals surface area contributed by atoms with Crippen molar-refractivity contribution < 1.29 is 0 Å². The minimum absolute atomic E-state index is 0.975. The molecule has 0 amide bonds. The summed E-state index contributed by atoms with van der Waals surface area (Å²) in [6, 6.07) is 1.99. The molecule has 2 N–H and O–H groups in total. The van der Waals surface area contributed by atoms with E-state index in [-0.39, 0.29) is 0 Å². The minimum atomic E-state index is 0.975. The summed E-state index contributed by atoms with van der Waals surface area (Å²) in [5.74, 6) is 0. The highest BCUT2D eigenvalue weighted by Gasteiger charge is 2.08. The second-order valence-electron chi connectivity index (χ2n) is 3.87. The lowest BCUT2D eigenvalue weighted by molar-refractivity contribution is 0.249. The third-order valence-corrected chi connectivity index (χ3v) is 3.36. The Morgan fingerprint density at radius 1 is 1.44 bits per heavy atom. The third kappa shape index (κ3) is 3.43. The number of anilines is 1. The van der Waals surface area contributed by atoms with E-state index in [1.807, 2.05) is 12.3 Å². The molecule has 0 spiro atoms. The molecule has 1 aliphatic rings. The second kappa shape index (κ2) is 6.18. The molecular weight excluding hydrogens is 268 g/mol. The molecule has 0 aromatic carbocycles. The lowest BCUT2D eigenvalue weighted by atomic mass is 10.3. The van der Waals surface area contributed by atoms with E-state index in [4.69, 9.17) is 0 Å². The van der Waals surface area contributed by atoms with Gasteiger partial charge in [-0.2, -0.15) is 0 Å². The Labute approximate surface area is 105 Å². The summed E-state index contributed by atoms with van der Waals surface area (Å²) in [5, 5.41) is 6.77. The van der Waals surface area contributed by atoms with Crippen molar-refractivity contribution in [2.45, 2.75) is 0 Å². The van der Waals surface area contributed by atoms with E-state index in [0.717, 1.165) is 49.4 Å². The van der Waals surface area contributed by atoms with E-state index in [1.165, 1.54) is 0 Å². The first-order valence-electron chi connectivity index (χ1n) is 5.63. The summed E-state index contributed by atoms with van der Waals surface area (Å²) >= 11 is 3.47. The van der Waals surface area contributed by atoms with Crippen LogP contribution < -0.4 is 10.6 Å². The molecule has 4 nitrogen and oxygen atoms in total. The molecule has 5 heteroatoms. The van der Waals surface area contributed by atoms with E-state index in [2.05, 4.69) is 36.4 Å². The van der Waals surface area contributed by atoms with Gasteiger partial charge in [0.15, 0.2) is 0 Å². The molecule has 0 radical (unpaired) electrons. The van der Waals surface area contributed by atoms with Crippen molar-refractivity contribution in [2.75, 3.05) is 44.6 Å². The topological polar surface area (TPSA) is 40.2 Å². The van der Waals surface area contributed by atoms with Gasteiger partial charge in [0.25, 0.3) is 0 Å². The number of halogens is 1. The largest absolute Gasteiger partial charge is 0.383 e. The number of hydrogen-bond acceptors (Lipinski definition) is 4. The Bertz CT molecular complexity index is 326. The van der Waals surface area contributed by atoms with Crippen LogP contribution in [-0.4, -0.2) is 49.2 Å². The van der Waals surface area contributed by atoms with Crippen molar-refractivity contribution in [1.82, 2.24) is 15.2 Å². The summed E-state index contributed by atoms with van der Waals surface area (Å²) in [6.45, 7) is 6.59. The first kappa shape index (κ1) is 11.8. The number of hydrogen-bond donors (Lipinski definition) is 2. The van der Waals surface area contributed by atoms with Crippen LogP contribution in [0.2, 0.25) is 0 Å². The van der Waals surface area contributed by atoms with Gasteiger partial charge < -0.3 is 10.6 Å². The molecule has 16 heavy (non-hydrogen) atoms. The van der Waals surface area contributed by atoms with Crippen molar-refractivity contribution >= 4 is 21.6 Å². The summed E-state index contributed by atoms with van der Waals surface area (Å²) in [4.78, 5) is 6.51. The van der Waals surface area contributed by atoms with Gasteiger partial charge in [0, 0.05) is 51.7 Å². The van der Waals surface area contributed by atoms with Crippen molar-refractivity contribution in [3.63, 3.8) is 0 Å². The molecule has 0 atom stereocenters.